The normalized spacial score (nSPS) is 10.7. The number of anilines is 2. The standard InChI is InChI=1S/C27H31ClN2O3/c1-5-32-25-14-21(16-29-22-10-12-23(13-11-22)30-27(31)18(2)3)24(28)15-26(25)33-17-20-9-7-6-8-19(20)4/h6-15,18,29H,5,16-17H2,1-4H3,(H,30,31). The van der Waals surface area contributed by atoms with Crippen LogP contribution in [0.3, 0.4) is 0 Å². The molecule has 0 fully saturated rings. The number of hydrogen-bond acceptors (Lipinski definition) is 4. The van der Waals surface area contributed by atoms with Crippen LogP contribution in [0.1, 0.15) is 37.5 Å². The zero-order valence-corrected chi connectivity index (χ0v) is 20.3. The third-order valence-electron chi connectivity index (χ3n) is 5.22. The van der Waals surface area contributed by atoms with Gasteiger partial charge in [0.05, 0.1) is 6.61 Å². The van der Waals surface area contributed by atoms with Crippen LogP contribution in [0.5, 0.6) is 11.5 Å². The summed E-state index contributed by atoms with van der Waals surface area (Å²) in [5.41, 5.74) is 4.89. The molecule has 0 bridgehead atoms. The molecular formula is C27H31ClN2O3. The summed E-state index contributed by atoms with van der Waals surface area (Å²) in [6, 6.07) is 19.5. The van der Waals surface area contributed by atoms with E-state index in [1.165, 1.54) is 5.56 Å². The van der Waals surface area contributed by atoms with Gasteiger partial charge in [-0.15, -0.1) is 0 Å². The molecule has 0 saturated carbocycles. The average Bonchev–Trinajstić information content (AvgIpc) is 2.80. The molecule has 33 heavy (non-hydrogen) atoms. The predicted octanol–water partition coefficient (Wildman–Crippen LogP) is 6.83. The number of amides is 1. The Morgan fingerprint density at radius 3 is 2.27 bits per heavy atom. The summed E-state index contributed by atoms with van der Waals surface area (Å²) in [6.45, 7) is 9.23. The second-order valence-electron chi connectivity index (χ2n) is 8.11. The second kappa shape index (κ2) is 11.6. The van der Waals surface area contributed by atoms with Crippen LogP contribution in [-0.4, -0.2) is 12.5 Å². The molecule has 5 nitrogen and oxygen atoms in total. The van der Waals surface area contributed by atoms with Gasteiger partial charge in [0.25, 0.3) is 0 Å². The lowest BCUT2D eigenvalue weighted by atomic mass is 10.1. The Morgan fingerprint density at radius 1 is 0.939 bits per heavy atom. The van der Waals surface area contributed by atoms with E-state index in [2.05, 4.69) is 29.7 Å². The SMILES string of the molecule is CCOc1cc(CNc2ccc(NC(=O)C(C)C)cc2)c(Cl)cc1OCc1ccccc1C. The van der Waals surface area contributed by atoms with Gasteiger partial charge in [-0.1, -0.05) is 49.7 Å². The summed E-state index contributed by atoms with van der Waals surface area (Å²) in [4.78, 5) is 11.8. The molecule has 3 rings (SSSR count). The lowest BCUT2D eigenvalue weighted by Crippen LogP contribution is -2.17. The van der Waals surface area contributed by atoms with Crippen LogP contribution in [0, 0.1) is 12.8 Å². The number of ether oxygens (including phenoxy) is 2. The summed E-state index contributed by atoms with van der Waals surface area (Å²) < 4.78 is 11.9. The minimum Gasteiger partial charge on any atom is -0.490 e. The van der Waals surface area contributed by atoms with E-state index >= 15 is 0 Å². The quantitative estimate of drug-likeness (QED) is 0.343. The molecule has 1 amide bonds. The summed E-state index contributed by atoms with van der Waals surface area (Å²) in [7, 11) is 0. The number of rotatable bonds is 10. The fraction of sp³-hybridized carbons (Fsp3) is 0.296. The highest BCUT2D eigenvalue weighted by molar-refractivity contribution is 6.31. The van der Waals surface area contributed by atoms with E-state index in [-0.39, 0.29) is 11.8 Å². The molecule has 3 aromatic carbocycles. The highest BCUT2D eigenvalue weighted by atomic mass is 35.5. The lowest BCUT2D eigenvalue weighted by Gasteiger charge is -2.16. The number of hydrogen-bond donors (Lipinski definition) is 2. The molecule has 0 atom stereocenters. The van der Waals surface area contributed by atoms with Gasteiger partial charge in [0.1, 0.15) is 6.61 Å². The number of aryl methyl sites for hydroxylation is 1. The summed E-state index contributed by atoms with van der Waals surface area (Å²) in [6.07, 6.45) is 0. The maximum absolute atomic E-state index is 11.8. The van der Waals surface area contributed by atoms with Crippen LogP contribution < -0.4 is 20.1 Å². The molecule has 0 aliphatic rings. The van der Waals surface area contributed by atoms with E-state index in [4.69, 9.17) is 21.1 Å². The van der Waals surface area contributed by atoms with Crippen LogP contribution in [-0.2, 0) is 17.9 Å². The first kappa shape index (κ1) is 24.5. The van der Waals surface area contributed by atoms with Crippen molar-refractivity contribution < 1.29 is 14.3 Å². The third kappa shape index (κ3) is 6.90. The van der Waals surface area contributed by atoms with Gasteiger partial charge >= 0.3 is 0 Å². The van der Waals surface area contributed by atoms with Crippen LogP contribution in [0.2, 0.25) is 5.02 Å². The van der Waals surface area contributed by atoms with Gasteiger partial charge in [0.2, 0.25) is 5.91 Å². The van der Waals surface area contributed by atoms with Crippen molar-refractivity contribution in [2.24, 2.45) is 5.92 Å². The van der Waals surface area contributed by atoms with Gasteiger partial charge in [0.15, 0.2) is 11.5 Å². The van der Waals surface area contributed by atoms with Crippen molar-refractivity contribution in [3.63, 3.8) is 0 Å². The van der Waals surface area contributed by atoms with Crippen LogP contribution in [0.4, 0.5) is 11.4 Å². The molecule has 0 heterocycles. The molecule has 0 radical (unpaired) electrons. The maximum Gasteiger partial charge on any atom is 0.226 e. The topological polar surface area (TPSA) is 59.6 Å². The smallest absolute Gasteiger partial charge is 0.226 e. The fourth-order valence-electron chi connectivity index (χ4n) is 3.18. The molecule has 0 aliphatic heterocycles. The molecule has 3 aromatic rings. The number of carbonyl (C=O) groups excluding carboxylic acids is 1. The number of nitrogens with one attached hydrogen (secondary N) is 2. The molecule has 0 unspecified atom stereocenters. The van der Waals surface area contributed by atoms with Gasteiger partial charge in [-0.05, 0) is 60.9 Å². The largest absolute Gasteiger partial charge is 0.490 e. The minimum atomic E-state index is -0.0619. The van der Waals surface area contributed by atoms with E-state index in [1.54, 1.807) is 0 Å². The maximum atomic E-state index is 11.8. The Morgan fingerprint density at radius 2 is 1.61 bits per heavy atom. The monoisotopic (exact) mass is 466 g/mol. The lowest BCUT2D eigenvalue weighted by molar-refractivity contribution is -0.118. The number of benzene rings is 3. The first-order valence-electron chi connectivity index (χ1n) is 11.1. The van der Waals surface area contributed by atoms with Crippen molar-refractivity contribution in [1.29, 1.82) is 0 Å². The first-order valence-corrected chi connectivity index (χ1v) is 11.5. The zero-order chi connectivity index (χ0) is 23.8. The van der Waals surface area contributed by atoms with Gasteiger partial charge in [-0.2, -0.15) is 0 Å². The van der Waals surface area contributed by atoms with Gasteiger partial charge in [-0.25, -0.2) is 0 Å². The average molecular weight is 467 g/mol. The molecule has 0 aliphatic carbocycles. The summed E-state index contributed by atoms with van der Waals surface area (Å²) in [5, 5.41) is 6.86. The van der Waals surface area contributed by atoms with E-state index in [0.717, 1.165) is 22.5 Å². The van der Waals surface area contributed by atoms with Crippen molar-refractivity contribution >= 4 is 28.9 Å². The van der Waals surface area contributed by atoms with Crippen molar-refractivity contribution in [3.8, 4) is 11.5 Å². The molecular weight excluding hydrogens is 436 g/mol. The molecule has 6 heteroatoms. The summed E-state index contributed by atoms with van der Waals surface area (Å²) in [5.74, 6) is 1.22. The Labute approximate surface area is 201 Å². The molecule has 2 N–H and O–H groups in total. The molecule has 0 aromatic heterocycles. The van der Waals surface area contributed by atoms with Crippen LogP contribution in [0.25, 0.3) is 0 Å². The Bertz CT molecular complexity index is 1080. The van der Waals surface area contributed by atoms with Crippen molar-refractivity contribution in [3.05, 3.63) is 82.4 Å². The van der Waals surface area contributed by atoms with Crippen molar-refractivity contribution in [1.82, 2.24) is 0 Å². The molecule has 174 valence electrons. The third-order valence-corrected chi connectivity index (χ3v) is 5.57. The van der Waals surface area contributed by atoms with E-state index in [9.17, 15) is 4.79 Å². The van der Waals surface area contributed by atoms with Gasteiger partial charge in [-0.3, -0.25) is 4.79 Å². The zero-order valence-electron chi connectivity index (χ0n) is 19.6. The predicted molar refractivity (Wildman–Crippen MR) is 135 cm³/mol. The van der Waals surface area contributed by atoms with Crippen molar-refractivity contribution in [2.45, 2.75) is 40.8 Å². The van der Waals surface area contributed by atoms with Crippen LogP contribution in [0.15, 0.2) is 60.7 Å². The Kier molecular flexibility index (Phi) is 8.61. The van der Waals surface area contributed by atoms with Crippen molar-refractivity contribution in [2.75, 3.05) is 17.2 Å². The first-order chi connectivity index (χ1) is 15.9. The molecule has 0 spiro atoms. The number of halogens is 1. The van der Waals surface area contributed by atoms with Gasteiger partial charge in [0, 0.05) is 34.9 Å². The van der Waals surface area contributed by atoms with E-state index < -0.39 is 0 Å². The summed E-state index contributed by atoms with van der Waals surface area (Å²) >= 11 is 6.57. The fourth-order valence-corrected chi connectivity index (χ4v) is 3.40. The Hall–Kier alpha value is -3.18. The highest BCUT2D eigenvalue weighted by Gasteiger charge is 2.12. The minimum absolute atomic E-state index is 0.00400. The van der Waals surface area contributed by atoms with E-state index in [0.29, 0.717) is 36.3 Å². The second-order valence-corrected chi connectivity index (χ2v) is 8.52. The Balaban J connectivity index is 1.67. The van der Waals surface area contributed by atoms with E-state index in [1.807, 2.05) is 69.3 Å². The number of carbonyl (C=O) groups is 1. The van der Waals surface area contributed by atoms with Gasteiger partial charge < -0.3 is 20.1 Å². The highest BCUT2D eigenvalue weighted by Crippen LogP contribution is 2.35. The molecule has 0 saturated heterocycles. The van der Waals surface area contributed by atoms with Crippen LogP contribution >= 0.6 is 11.6 Å².